The molecule has 0 radical (unpaired) electrons. The Morgan fingerprint density at radius 1 is 1.18 bits per heavy atom. The predicted octanol–water partition coefficient (Wildman–Crippen LogP) is 1.80. The number of nitrogens with zero attached hydrogens (tertiary/aromatic N) is 1. The summed E-state index contributed by atoms with van der Waals surface area (Å²) in [4.78, 5) is 11.8. The summed E-state index contributed by atoms with van der Waals surface area (Å²) in [5.74, 6) is -0.759. The van der Waals surface area contributed by atoms with Crippen LogP contribution in [0.2, 0.25) is 0 Å². The van der Waals surface area contributed by atoms with E-state index in [-0.39, 0.29) is 10.8 Å². The first-order chi connectivity index (χ1) is 7.76. The van der Waals surface area contributed by atoms with E-state index < -0.39 is 15.9 Å². The van der Waals surface area contributed by atoms with Gasteiger partial charge in [0.1, 0.15) is 0 Å². The number of hydrogen-bond acceptors (Lipinski definition) is 3. The number of carbonyl (C=O) groups is 1. The molecular formula is C12H17NO3S. The van der Waals surface area contributed by atoms with Gasteiger partial charge in [0.05, 0.1) is 4.90 Å². The Bertz CT molecular complexity index is 503. The van der Waals surface area contributed by atoms with Crippen LogP contribution in [0.1, 0.15) is 19.4 Å². The molecule has 0 saturated carbocycles. The van der Waals surface area contributed by atoms with Crippen LogP contribution in [0.3, 0.4) is 0 Å². The number of rotatable bonds is 3. The number of amides is 1. The van der Waals surface area contributed by atoms with Crippen LogP contribution in [0.4, 0.5) is 0 Å². The third kappa shape index (κ3) is 2.85. The number of sulfonamides is 1. The first-order valence-corrected chi connectivity index (χ1v) is 6.80. The second-order valence-corrected chi connectivity index (χ2v) is 6.25. The van der Waals surface area contributed by atoms with Gasteiger partial charge >= 0.3 is 0 Å². The van der Waals surface area contributed by atoms with Gasteiger partial charge in [-0.15, -0.1) is 0 Å². The normalized spacial score (nSPS) is 11.6. The summed E-state index contributed by atoms with van der Waals surface area (Å²) < 4.78 is 25.0. The van der Waals surface area contributed by atoms with Crippen LogP contribution < -0.4 is 0 Å². The molecule has 0 bridgehead atoms. The van der Waals surface area contributed by atoms with Gasteiger partial charge in [0, 0.05) is 13.0 Å². The van der Waals surface area contributed by atoms with Crippen LogP contribution in [-0.4, -0.2) is 25.7 Å². The standard InChI is InChI=1S/C12H17NO3S/c1-9(2)12(14)13(4)17(15,16)11-7-5-10(3)6-8-11/h5-9H,1-4H3. The van der Waals surface area contributed by atoms with Crippen molar-refractivity contribution < 1.29 is 13.2 Å². The lowest BCUT2D eigenvalue weighted by Crippen LogP contribution is -2.36. The van der Waals surface area contributed by atoms with Crippen LogP contribution in [0.15, 0.2) is 29.2 Å². The van der Waals surface area contributed by atoms with Crippen LogP contribution in [0, 0.1) is 12.8 Å². The molecule has 1 aromatic carbocycles. The minimum Gasteiger partial charge on any atom is -0.274 e. The van der Waals surface area contributed by atoms with Crippen LogP contribution >= 0.6 is 0 Å². The van der Waals surface area contributed by atoms with E-state index in [1.165, 1.54) is 19.2 Å². The molecule has 1 amide bonds. The fraction of sp³-hybridized carbons (Fsp3) is 0.417. The van der Waals surface area contributed by atoms with Crippen molar-refractivity contribution in [2.24, 2.45) is 5.92 Å². The molecule has 0 heterocycles. The lowest BCUT2D eigenvalue weighted by atomic mass is 10.2. The van der Waals surface area contributed by atoms with E-state index in [1.54, 1.807) is 26.0 Å². The lowest BCUT2D eigenvalue weighted by Gasteiger charge is -2.19. The highest BCUT2D eigenvalue weighted by molar-refractivity contribution is 7.89. The summed E-state index contributed by atoms with van der Waals surface area (Å²) in [5.41, 5.74) is 0.974. The first kappa shape index (κ1) is 13.7. The highest BCUT2D eigenvalue weighted by Crippen LogP contribution is 2.16. The Balaban J connectivity index is 3.11. The van der Waals surface area contributed by atoms with Crippen molar-refractivity contribution in [3.05, 3.63) is 29.8 Å². The van der Waals surface area contributed by atoms with Crippen molar-refractivity contribution in [3.63, 3.8) is 0 Å². The summed E-state index contributed by atoms with van der Waals surface area (Å²) >= 11 is 0. The van der Waals surface area contributed by atoms with E-state index in [2.05, 4.69) is 0 Å². The van der Waals surface area contributed by atoms with E-state index >= 15 is 0 Å². The minimum absolute atomic E-state index is 0.139. The van der Waals surface area contributed by atoms with E-state index in [0.717, 1.165) is 9.87 Å². The molecule has 0 aromatic heterocycles. The van der Waals surface area contributed by atoms with Crippen molar-refractivity contribution in [2.75, 3.05) is 7.05 Å². The van der Waals surface area contributed by atoms with E-state index in [1.807, 2.05) is 6.92 Å². The van der Waals surface area contributed by atoms with Gasteiger partial charge < -0.3 is 0 Å². The number of benzene rings is 1. The maximum atomic E-state index is 12.1. The zero-order valence-corrected chi connectivity index (χ0v) is 11.3. The molecule has 0 aliphatic heterocycles. The van der Waals surface area contributed by atoms with Gasteiger partial charge in [0.15, 0.2) is 0 Å². The van der Waals surface area contributed by atoms with Crippen molar-refractivity contribution in [2.45, 2.75) is 25.7 Å². The Kier molecular flexibility index (Phi) is 3.93. The van der Waals surface area contributed by atoms with Crippen molar-refractivity contribution >= 4 is 15.9 Å². The molecular weight excluding hydrogens is 238 g/mol. The molecule has 0 atom stereocenters. The monoisotopic (exact) mass is 255 g/mol. The van der Waals surface area contributed by atoms with Crippen LogP contribution in [0.5, 0.6) is 0 Å². The first-order valence-electron chi connectivity index (χ1n) is 5.36. The fourth-order valence-electron chi connectivity index (χ4n) is 1.35. The fourth-order valence-corrected chi connectivity index (χ4v) is 2.59. The molecule has 1 aromatic rings. The second-order valence-electron chi connectivity index (χ2n) is 4.28. The van der Waals surface area contributed by atoms with E-state index in [4.69, 9.17) is 0 Å². The van der Waals surface area contributed by atoms with E-state index in [9.17, 15) is 13.2 Å². The summed E-state index contributed by atoms with van der Waals surface area (Å²) in [6.07, 6.45) is 0. The molecule has 0 unspecified atom stereocenters. The average Bonchev–Trinajstić information content (AvgIpc) is 2.27. The molecule has 0 saturated heterocycles. The van der Waals surface area contributed by atoms with Crippen molar-refractivity contribution in [3.8, 4) is 0 Å². The summed E-state index contributed by atoms with van der Waals surface area (Å²) in [6.45, 7) is 5.21. The maximum Gasteiger partial charge on any atom is 0.266 e. The summed E-state index contributed by atoms with van der Waals surface area (Å²) in [6, 6.07) is 6.44. The SMILES string of the molecule is Cc1ccc(S(=O)(=O)N(C)C(=O)C(C)C)cc1. The highest BCUT2D eigenvalue weighted by atomic mass is 32.2. The summed E-state index contributed by atoms with van der Waals surface area (Å²) in [7, 11) is -2.43. The van der Waals surface area contributed by atoms with Gasteiger partial charge in [0.25, 0.3) is 10.0 Å². The van der Waals surface area contributed by atoms with Crippen molar-refractivity contribution in [1.82, 2.24) is 4.31 Å². The quantitative estimate of drug-likeness (QED) is 0.827. The largest absolute Gasteiger partial charge is 0.274 e. The molecule has 4 nitrogen and oxygen atoms in total. The zero-order valence-electron chi connectivity index (χ0n) is 10.5. The maximum absolute atomic E-state index is 12.1. The second kappa shape index (κ2) is 4.87. The van der Waals surface area contributed by atoms with E-state index in [0.29, 0.717) is 0 Å². The highest BCUT2D eigenvalue weighted by Gasteiger charge is 2.26. The Labute approximate surface area is 102 Å². The number of aryl methyl sites for hydroxylation is 1. The topological polar surface area (TPSA) is 54.5 Å². The Hall–Kier alpha value is -1.36. The Morgan fingerprint density at radius 2 is 1.65 bits per heavy atom. The van der Waals surface area contributed by atoms with Gasteiger partial charge in [-0.3, -0.25) is 4.79 Å². The molecule has 1 rings (SSSR count). The number of hydrogen-bond donors (Lipinski definition) is 0. The van der Waals surface area contributed by atoms with Crippen LogP contribution in [-0.2, 0) is 14.8 Å². The lowest BCUT2D eigenvalue weighted by molar-refractivity contribution is -0.128. The van der Waals surface area contributed by atoms with Gasteiger partial charge in [-0.2, -0.15) is 0 Å². The van der Waals surface area contributed by atoms with Gasteiger partial charge in [0.2, 0.25) is 5.91 Å². The molecule has 94 valence electrons. The Morgan fingerprint density at radius 3 is 2.06 bits per heavy atom. The molecule has 5 heteroatoms. The molecule has 0 aliphatic rings. The average molecular weight is 255 g/mol. The zero-order chi connectivity index (χ0) is 13.2. The molecule has 0 N–H and O–H groups in total. The minimum atomic E-state index is -3.72. The molecule has 17 heavy (non-hydrogen) atoms. The predicted molar refractivity (Wildman–Crippen MR) is 66.0 cm³/mol. The van der Waals surface area contributed by atoms with Crippen LogP contribution in [0.25, 0.3) is 0 Å². The van der Waals surface area contributed by atoms with Crippen molar-refractivity contribution in [1.29, 1.82) is 0 Å². The number of carbonyl (C=O) groups excluding carboxylic acids is 1. The van der Waals surface area contributed by atoms with Gasteiger partial charge in [-0.25, -0.2) is 12.7 Å². The van der Waals surface area contributed by atoms with Gasteiger partial charge in [-0.1, -0.05) is 31.5 Å². The third-order valence-corrected chi connectivity index (χ3v) is 4.25. The molecule has 0 aliphatic carbocycles. The third-order valence-electron chi connectivity index (χ3n) is 2.48. The smallest absolute Gasteiger partial charge is 0.266 e. The van der Waals surface area contributed by atoms with Gasteiger partial charge in [-0.05, 0) is 19.1 Å². The molecule has 0 fully saturated rings. The molecule has 0 spiro atoms. The summed E-state index contributed by atoms with van der Waals surface area (Å²) in [5, 5.41) is 0.